The quantitative estimate of drug-likeness (QED) is 0.234. The van der Waals surface area contributed by atoms with E-state index in [1.165, 1.54) is 0 Å². The Morgan fingerprint density at radius 3 is 1.11 bits per heavy atom. The minimum Gasteiger partial charge on any atom is -0.380 e. The average Bonchev–Trinajstić information content (AvgIpc) is 2.89. The van der Waals surface area contributed by atoms with E-state index in [0.29, 0.717) is 31.2 Å². The van der Waals surface area contributed by atoms with Crippen LogP contribution in [0.3, 0.4) is 0 Å². The molecule has 4 heteroatoms. The van der Waals surface area contributed by atoms with Crippen molar-refractivity contribution >= 4 is 0 Å². The van der Waals surface area contributed by atoms with Gasteiger partial charge in [-0.05, 0) is 47.9 Å². The Balaban J connectivity index is 1.88. The number of benzene rings is 4. The van der Waals surface area contributed by atoms with Crippen LogP contribution in [-0.2, 0) is 25.7 Å². The second-order valence-electron chi connectivity index (χ2n) is 9.75. The van der Waals surface area contributed by atoms with Gasteiger partial charge < -0.3 is 20.4 Å². The zero-order valence-corrected chi connectivity index (χ0v) is 20.4. The summed E-state index contributed by atoms with van der Waals surface area (Å²) in [6.07, 6.45) is 1.54. The van der Waals surface area contributed by atoms with Crippen molar-refractivity contribution in [1.29, 1.82) is 0 Å². The molecule has 0 radical (unpaired) electrons. The lowest BCUT2D eigenvalue weighted by Crippen LogP contribution is -2.67. The van der Waals surface area contributed by atoms with Crippen LogP contribution in [0.4, 0.5) is 0 Å². The van der Waals surface area contributed by atoms with E-state index in [0.717, 1.165) is 16.7 Å². The second kappa shape index (κ2) is 11.2. The van der Waals surface area contributed by atoms with Crippen molar-refractivity contribution in [2.24, 2.45) is 5.41 Å². The van der Waals surface area contributed by atoms with E-state index in [2.05, 4.69) is 0 Å². The first kappa shape index (κ1) is 25.8. The number of aliphatic hydroxyl groups is 4. The predicted octanol–water partition coefficient (Wildman–Crippen LogP) is 4.70. The van der Waals surface area contributed by atoms with Crippen LogP contribution < -0.4 is 0 Å². The van der Waals surface area contributed by atoms with E-state index in [9.17, 15) is 20.4 Å². The molecule has 4 rings (SSSR count). The molecule has 0 saturated carbocycles. The summed E-state index contributed by atoms with van der Waals surface area (Å²) < 4.78 is 0. The Hall–Kier alpha value is -3.28. The Morgan fingerprint density at radius 1 is 0.417 bits per heavy atom. The highest BCUT2D eigenvalue weighted by atomic mass is 16.7. The topological polar surface area (TPSA) is 80.9 Å². The summed E-state index contributed by atoms with van der Waals surface area (Å²) in [5, 5.41) is 44.9. The van der Waals surface area contributed by atoms with Gasteiger partial charge in [0.15, 0.2) is 5.60 Å². The van der Waals surface area contributed by atoms with E-state index in [1.54, 1.807) is 0 Å². The molecule has 0 bridgehead atoms. The van der Waals surface area contributed by atoms with Crippen LogP contribution in [0, 0.1) is 5.41 Å². The highest BCUT2D eigenvalue weighted by Gasteiger charge is 2.61. The first-order valence-corrected chi connectivity index (χ1v) is 12.4. The van der Waals surface area contributed by atoms with Crippen molar-refractivity contribution in [3.05, 3.63) is 144 Å². The van der Waals surface area contributed by atoms with Crippen molar-refractivity contribution in [3.8, 4) is 0 Å². The summed E-state index contributed by atoms with van der Waals surface area (Å²) in [7, 11) is 0. The van der Waals surface area contributed by atoms with Crippen LogP contribution in [0.1, 0.15) is 28.7 Å². The minimum absolute atomic E-state index is 0.133. The zero-order chi connectivity index (χ0) is 25.5. The SMILES string of the molecule is OC(O)(O)C(O)(Cc1ccccc1)C(CCc1ccccc1)(Cc1ccccc1)Cc1ccccc1. The van der Waals surface area contributed by atoms with E-state index in [4.69, 9.17) is 0 Å². The maximum Gasteiger partial charge on any atom is 0.306 e. The summed E-state index contributed by atoms with van der Waals surface area (Å²) >= 11 is 0. The van der Waals surface area contributed by atoms with Gasteiger partial charge in [-0.1, -0.05) is 121 Å². The molecule has 36 heavy (non-hydrogen) atoms. The molecule has 4 nitrogen and oxygen atoms in total. The number of hydrogen-bond acceptors (Lipinski definition) is 4. The molecule has 0 fully saturated rings. The van der Waals surface area contributed by atoms with Gasteiger partial charge in [-0.25, -0.2) is 0 Å². The summed E-state index contributed by atoms with van der Waals surface area (Å²) in [6.45, 7) is 0. The monoisotopic (exact) mass is 482 g/mol. The minimum atomic E-state index is -3.34. The highest BCUT2D eigenvalue weighted by Crippen LogP contribution is 2.48. The predicted molar refractivity (Wildman–Crippen MR) is 142 cm³/mol. The molecular formula is C32H34O4. The van der Waals surface area contributed by atoms with Gasteiger partial charge in [0.25, 0.3) is 0 Å². The molecule has 0 saturated heterocycles. The van der Waals surface area contributed by atoms with E-state index in [-0.39, 0.29) is 6.42 Å². The molecule has 4 N–H and O–H groups in total. The van der Waals surface area contributed by atoms with Gasteiger partial charge >= 0.3 is 5.97 Å². The van der Waals surface area contributed by atoms with Crippen LogP contribution in [0.2, 0.25) is 0 Å². The van der Waals surface area contributed by atoms with E-state index in [1.807, 2.05) is 121 Å². The van der Waals surface area contributed by atoms with Gasteiger partial charge in [-0.15, -0.1) is 0 Å². The van der Waals surface area contributed by atoms with Gasteiger partial charge in [0.05, 0.1) is 0 Å². The summed E-state index contributed by atoms with van der Waals surface area (Å²) in [4.78, 5) is 0. The molecule has 4 aromatic carbocycles. The molecular weight excluding hydrogens is 448 g/mol. The van der Waals surface area contributed by atoms with Gasteiger partial charge in [0.2, 0.25) is 0 Å². The Kier molecular flexibility index (Phi) is 8.02. The van der Waals surface area contributed by atoms with Crippen molar-refractivity contribution in [2.75, 3.05) is 0 Å². The molecule has 1 unspecified atom stereocenters. The maximum absolute atomic E-state index is 12.4. The molecule has 0 aliphatic carbocycles. The molecule has 0 heterocycles. The van der Waals surface area contributed by atoms with Crippen molar-refractivity contribution in [3.63, 3.8) is 0 Å². The van der Waals surface area contributed by atoms with Crippen LogP contribution in [-0.4, -0.2) is 32.0 Å². The lowest BCUT2D eigenvalue weighted by molar-refractivity contribution is -0.415. The lowest BCUT2D eigenvalue weighted by Gasteiger charge is -2.51. The zero-order valence-electron chi connectivity index (χ0n) is 20.4. The van der Waals surface area contributed by atoms with Gasteiger partial charge in [0.1, 0.15) is 0 Å². The van der Waals surface area contributed by atoms with Crippen LogP contribution >= 0.6 is 0 Å². The smallest absolute Gasteiger partial charge is 0.306 e. The molecule has 0 spiro atoms. The third-order valence-electron chi connectivity index (χ3n) is 7.24. The molecule has 0 amide bonds. The fourth-order valence-corrected chi connectivity index (χ4v) is 5.29. The normalized spacial score (nSPS) is 13.8. The van der Waals surface area contributed by atoms with Crippen molar-refractivity contribution in [1.82, 2.24) is 0 Å². The van der Waals surface area contributed by atoms with E-state index >= 15 is 0 Å². The first-order valence-electron chi connectivity index (χ1n) is 12.4. The third kappa shape index (κ3) is 5.92. The van der Waals surface area contributed by atoms with Gasteiger partial charge in [0, 0.05) is 11.8 Å². The largest absolute Gasteiger partial charge is 0.380 e. The number of hydrogen-bond donors (Lipinski definition) is 4. The van der Waals surface area contributed by atoms with Crippen LogP contribution in [0.5, 0.6) is 0 Å². The molecule has 4 aromatic rings. The fourth-order valence-electron chi connectivity index (χ4n) is 5.29. The van der Waals surface area contributed by atoms with Gasteiger partial charge in [-0.2, -0.15) is 0 Å². The Labute approximate surface area is 213 Å². The molecule has 0 aliphatic heterocycles. The van der Waals surface area contributed by atoms with E-state index < -0.39 is 17.0 Å². The molecule has 1 atom stereocenters. The standard InChI is InChI=1S/C32H34O4/c33-31(32(34,35)36,25-29-19-11-4-12-20-29)30(23-27-15-7-2-8-16-27,24-28-17-9-3-10-18-28)22-21-26-13-5-1-6-14-26/h1-20,33-36H,21-25H2. The third-order valence-corrected chi connectivity index (χ3v) is 7.24. The fraction of sp³-hybridized carbons (Fsp3) is 0.250. The van der Waals surface area contributed by atoms with Crippen LogP contribution in [0.25, 0.3) is 0 Å². The second-order valence-corrected chi connectivity index (χ2v) is 9.75. The highest BCUT2D eigenvalue weighted by molar-refractivity contribution is 5.28. The molecule has 186 valence electrons. The summed E-state index contributed by atoms with van der Waals surface area (Å²) in [6, 6.07) is 38.6. The number of aryl methyl sites for hydroxylation is 1. The van der Waals surface area contributed by atoms with Crippen LogP contribution in [0.15, 0.2) is 121 Å². The average molecular weight is 483 g/mol. The number of rotatable bonds is 11. The maximum atomic E-state index is 12.4. The lowest BCUT2D eigenvalue weighted by atomic mass is 9.59. The Bertz CT molecular complexity index is 1150. The van der Waals surface area contributed by atoms with Crippen molar-refractivity contribution in [2.45, 2.75) is 43.7 Å². The first-order chi connectivity index (χ1) is 17.3. The van der Waals surface area contributed by atoms with Gasteiger partial charge in [-0.3, -0.25) is 0 Å². The molecule has 0 aromatic heterocycles. The molecule has 0 aliphatic rings. The summed E-state index contributed by atoms with van der Waals surface area (Å²) in [5.74, 6) is -3.34. The summed E-state index contributed by atoms with van der Waals surface area (Å²) in [5.41, 5.74) is 0.229. The Morgan fingerprint density at radius 2 is 0.750 bits per heavy atom. The van der Waals surface area contributed by atoms with Crippen molar-refractivity contribution < 1.29 is 20.4 Å².